The maximum atomic E-state index is 12.5. The Balaban J connectivity index is 1.60. The molecule has 2 aromatic rings. The number of hydrogen-bond acceptors (Lipinski definition) is 3. The fraction of sp³-hybridized carbons (Fsp3) is 0.474. The first-order valence-electron chi connectivity index (χ1n) is 8.84. The minimum absolute atomic E-state index is 0.112. The lowest BCUT2D eigenvalue weighted by Gasteiger charge is -2.25. The van der Waals surface area contributed by atoms with Crippen LogP contribution < -0.4 is 5.32 Å². The molecule has 3 atom stereocenters. The van der Waals surface area contributed by atoms with Crippen molar-refractivity contribution in [2.75, 3.05) is 13.6 Å². The van der Waals surface area contributed by atoms with Crippen LogP contribution in [0, 0.1) is 5.92 Å². The predicted molar refractivity (Wildman–Crippen MR) is 96.5 cm³/mol. The summed E-state index contributed by atoms with van der Waals surface area (Å²) in [4.78, 5) is 14.1. The highest BCUT2D eigenvalue weighted by Gasteiger charge is 2.27. The van der Waals surface area contributed by atoms with Gasteiger partial charge < -0.3 is 15.3 Å². The molecule has 1 aromatic heterocycles. The third-order valence-corrected chi connectivity index (χ3v) is 4.95. The maximum absolute atomic E-state index is 12.5. The van der Waals surface area contributed by atoms with Gasteiger partial charge in [0.05, 0.1) is 17.8 Å². The number of aliphatic hydroxyl groups is 1. The van der Waals surface area contributed by atoms with Crippen LogP contribution in [0.4, 0.5) is 4.79 Å². The van der Waals surface area contributed by atoms with E-state index in [0.29, 0.717) is 6.54 Å². The highest BCUT2D eigenvalue weighted by molar-refractivity contribution is 5.74. The maximum Gasteiger partial charge on any atom is 0.317 e. The zero-order valence-electron chi connectivity index (χ0n) is 14.8. The summed E-state index contributed by atoms with van der Waals surface area (Å²) in [7, 11) is 1.78. The number of benzene rings is 1. The molecule has 6 nitrogen and oxygen atoms in total. The van der Waals surface area contributed by atoms with E-state index in [2.05, 4.69) is 10.4 Å². The zero-order chi connectivity index (χ0) is 17.8. The average Bonchev–Trinajstić information content (AvgIpc) is 3.27. The van der Waals surface area contributed by atoms with E-state index in [0.717, 1.165) is 30.5 Å². The fourth-order valence-electron chi connectivity index (χ4n) is 3.40. The molecule has 25 heavy (non-hydrogen) atoms. The first-order chi connectivity index (χ1) is 12.0. The molecule has 2 N–H and O–H groups in total. The number of rotatable bonds is 5. The van der Waals surface area contributed by atoms with Crippen molar-refractivity contribution in [2.24, 2.45) is 5.92 Å². The van der Waals surface area contributed by atoms with Crippen molar-refractivity contribution >= 4 is 6.03 Å². The Bertz CT molecular complexity index is 701. The number of aromatic nitrogens is 2. The van der Waals surface area contributed by atoms with Gasteiger partial charge in [-0.1, -0.05) is 18.6 Å². The molecule has 2 amide bonds. The predicted octanol–water partition coefficient (Wildman–Crippen LogP) is 2.74. The minimum Gasteiger partial charge on any atom is -0.393 e. The van der Waals surface area contributed by atoms with E-state index >= 15 is 0 Å². The first-order valence-corrected chi connectivity index (χ1v) is 8.84. The second kappa shape index (κ2) is 7.70. The monoisotopic (exact) mass is 342 g/mol. The normalized spacial score (nSPS) is 21.1. The second-order valence-electron chi connectivity index (χ2n) is 6.86. The van der Waals surface area contributed by atoms with Gasteiger partial charge in [0.1, 0.15) is 0 Å². The molecule has 1 aromatic carbocycles. The molecule has 0 radical (unpaired) electrons. The van der Waals surface area contributed by atoms with Crippen LogP contribution in [0.2, 0.25) is 0 Å². The molecule has 1 aliphatic rings. The van der Waals surface area contributed by atoms with E-state index in [4.69, 9.17) is 0 Å². The summed E-state index contributed by atoms with van der Waals surface area (Å²) >= 11 is 0. The van der Waals surface area contributed by atoms with Crippen molar-refractivity contribution in [1.82, 2.24) is 20.0 Å². The summed E-state index contributed by atoms with van der Waals surface area (Å²) in [5.74, 6) is 0.189. The van der Waals surface area contributed by atoms with Crippen LogP contribution in [0.25, 0.3) is 5.69 Å². The van der Waals surface area contributed by atoms with Crippen LogP contribution in [0.1, 0.15) is 37.8 Å². The lowest BCUT2D eigenvalue weighted by atomic mass is 10.1. The number of urea groups is 1. The lowest BCUT2D eigenvalue weighted by Crippen LogP contribution is -2.42. The van der Waals surface area contributed by atoms with Crippen molar-refractivity contribution in [1.29, 1.82) is 0 Å². The number of nitrogens with zero attached hydrogens (tertiary/aromatic N) is 3. The third-order valence-electron chi connectivity index (χ3n) is 4.95. The number of carbonyl (C=O) groups excluding carboxylic acids is 1. The molecular formula is C19H26N4O2. The highest BCUT2D eigenvalue weighted by atomic mass is 16.3. The average molecular weight is 342 g/mol. The SMILES string of the molecule is CC(NC(=O)N(C)CC1CCCC1O)c1cccc(-n2cccn2)c1. The molecule has 1 aliphatic carbocycles. The van der Waals surface area contributed by atoms with Crippen LogP contribution in [-0.4, -0.2) is 45.5 Å². The van der Waals surface area contributed by atoms with E-state index in [1.54, 1.807) is 22.8 Å². The van der Waals surface area contributed by atoms with Gasteiger partial charge in [-0.2, -0.15) is 5.10 Å². The third kappa shape index (κ3) is 4.20. The van der Waals surface area contributed by atoms with Crippen molar-refractivity contribution in [3.05, 3.63) is 48.3 Å². The van der Waals surface area contributed by atoms with Gasteiger partial charge in [-0.15, -0.1) is 0 Å². The Morgan fingerprint density at radius 1 is 1.44 bits per heavy atom. The number of aliphatic hydroxyl groups excluding tert-OH is 1. The van der Waals surface area contributed by atoms with Crippen molar-refractivity contribution < 1.29 is 9.90 Å². The standard InChI is InChI=1S/C19H26N4O2/c1-14(15-6-3-8-17(12-15)23-11-5-10-20-23)21-19(25)22(2)13-16-7-4-9-18(16)24/h3,5-6,8,10-12,14,16,18,24H,4,7,9,13H2,1-2H3,(H,21,25). The van der Waals surface area contributed by atoms with E-state index in [1.165, 1.54) is 0 Å². The Morgan fingerprint density at radius 2 is 2.28 bits per heavy atom. The smallest absolute Gasteiger partial charge is 0.317 e. The van der Waals surface area contributed by atoms with Crippen LogP contribution in [0.15, 0.2) is 42.7 Å². The van der Waals surface area contributed by atoms with E-state index in [1.807, 2.05) is 43.5 Å². The van der Waals surface area contributed by atoms with Crippen LogP contribution in [-0.2, 0) is 0 Å². The highest BCUT2D eigenvalue weighted by Crippen LogP contribution is 2.26. The van der Waals surface area contributed by atoms with Gasteiger partial charge in [0.25, 0.3) is 0 Å². The molecule has 1 fully saturated rings. The van der Waals surface area contributed by atoms with Gasteiger partial charge in [-0.25, -0.2) is 9.48 Å². The van der Waals surface area contributed by atoms with Crippen molar-refractivity contribution in [2.45, 2.75) is 38.3 Å². The Hall–Kier alpha value is -2.34. The molecule has 6 heteroatoms. The number of nitrogens with one attached hydrogen (secondary N) is 1. The molecule has 0 bridgehead atoms. The molecule has 0 saturated heterocycles. The summed E-state index contributed by atoms with van der Waals surface area (Å²) in [6, 6.07) is 9.63. The summed E-state index contributed by atoms with van der Waals surface area (Å²) < 4.78 is 1.80. The van der Waals surface area contributed by atoms with Crippen molar-refractivity contribution in [3.63, 3.8) is 0 Å². The van der Waals surface area contributed by atoms with E-state index in [-0.39, 0.29) is 24.1 Å². The Morgan fingerprint density at radius 3 is 2.96 bits per heavy atom. The van der Waals surface area contributed by atoms with E-state index in [9.17, 15) is 9.90 Å². The summed E-state index contributed by atoms with van der Waals surface area (Å²) in [5.41, 5.74) is 1.99. The van der Waals surface area contributed by atoms with Gasteiger partial charge in [0.15, 0.2) is 0 Å². The number of carbonyl (C=O) groups is 1. The fourth-order valence-corrected chi connectivity index (χ4v) is 3.40. The van der Waals surface area contributed by atoms with Crippen LogP contribution >= 0.6 is 0 Å². The summed E-state index contributed by atoms with van der Waals surface area (Å²) in [6.07, 6.45) is 6.22. The minimum atomic E-state index is -0.279. The summed E-state index contributed by atoms with van der Waals surface area (Å²) in [5, 5.41) is 17.2. The molecule has 0 aliphatic heterocycles. The molecule has 134 valence electrons. The van der Waals surface area contributed by atoms with Crippen molar-refractivity contribution in [3.8, 4) is 5.69 Å². The summed E-state index contributed by atoms with van der Waals surface area (Å²) in [6.45, 7) is 2.56. The number of hydrogen-bond donors (Lipinski definition) is 2. The van der Waals surface area contributed by atoms with Gasteiger partial charge in [0.2, 0.25) is 0 Å². The Labute approximate surface area is 148 Å². The molecule has 1 heterocycles. The van der Waals surface area contributed by atoms with Gasteiger partial charge >= 0.3 is 6.03 Å². The van der Waals surface area contributed by atoms with Crippen LogP contribution in [0.3, 0.4) is 0 Å². The molecular weight excluding hydrogens is 316 g/mol. The zero-order valence-corrected chi connectivity index (χ0v) is 14.8. The lowest BCUT2D eigenvalue weighted by molar-refractivity contribution is 0.113. The molecule has 3 unspecified atom stereocenters. The topological polar surface area (TPSA) is 70.4 Å². The largest absolute Gasteiger partial charge is 0.393 e. The second-order valence-corrected chi connectivity index (χ2v) is 6.86. The first kappa shape index (κ1) is 17.5. The van der Waals surface area contributed by atoms with E-state index < -0.39 is 0 Å². The quantitative estimate of drug-likeness (QED) is 0.878. The van der Waals surface area contributed by atoms with Gasteiger partial charge in [0, 0.05) is 31.9 Å². The molecule has 3 rings (SSSR count). The van der Waals surface area contributed by atoms with Crippen LogP contribution in [0.5, 0.6) is 0 Å². The van der Waals surface area contributed by atoms with Gasteiger partial charge in [-0.05, 0) is 43.5 Å². The van der Waals surface area contributed by atoms with Gasteiger partial charge in [-0.3, -0.25) is 0 Å². The molecule has 0 spiro atoms. The number of amides is 2. The molecule has 1 saturated carbocycles. The Kier molecular flexibility index (Phi) is 5.38.